The summed E-state index contributed by atoms with van der Waals surface area (Å²) in [4.78, 5) is 25.2. The van der Waals surface area contributed by atoms with Gasteiger partial charge in [0.15, 0.2) is 6.10 Å². The number of ether oxygens (including phenoxy) is 3. The van der Waals surface area contributed by atoms with Crippen LogP contribution in [0.3, 0.4) is 0 Å². The van der Waals surface area contributed by atoms with E-state index in [1.807, 2.05) is 0 Å². The van der Waals surface area contributed by atoms with E-state index in [1.165, 1.54) is 161 Å². The Bertz CT molecular complexity index is 791. The summed E-state index contributed by atoms with van der Waals surface area (Å²) in [5, 5.41) is 0. The van der Waals surface area contributed by atoms with Crippen molar-refractivity contribution in [3.8, 4) is 0 Å². The zero-order valence-corrected chi connectivity index (χ0v) is 35.1. The molecule has 0 saturated heterocycles. The lowest BCUT2D eigenvalue weighted by molar-refractivity contribution is -0.163. The molecule has 5 heteroatoms. The molecule has 0 rings (SSSR count). The van der Waals surface area contributed by atoms with Crippen molar-refractivity contribution in [3.63, 3.8) is 0 Å². The van der Waals surface area contributed by atoms with Crippen molar-refractivity contribution in [3.05, 3.63) is 24.3 Å². The molecule has 1 unspecified atom stereocenters. The molecule has 306 valence electrons. The summed E-state index contributed by atoms with van der Waals surface area (Å²) in [6.45, 7) is 7.80. The van der Waals surface area contributed by atoms with Crippen LogP contribution in [0.4, 0.5) is 0 Å². The number of esters is 2. The third-order valence-electron chi connectivity index (χ3n) is 9.99. The highest BCUT2D eigenvalue weighted by Gasteiger charge is 2.17. The van der Waals surface area contributed by atoms with Crippen molar-refractivity contribution in [1.82, 2.24) is 0 Å². The van der Waals surface area contributed by atoms with Crippen molar-refractivity contribution in [2.45, 2.75) is 245 Å². The highest BCUT2D eigenvalue weighted by atomic mass is 16.6. The number of carbonyl (C=O) groups excluding carboxylic acids is 2. The van der Waals surface area contributed by atoms with Gasteiger partial charge in [-0.05, 0) is 51.4 Å². The summed E-state index contributed by atoms with van der Waals surface area (Å²) in [5.74, 6) is -0.398. The number of hydrogen-bond donors (Lipinski definition) is 0. The van der Waals surface area contributed by atoms with Gasteiger partial charge < -0.3 is 14.2 Å². The summed E-state index contributed by atoms with van der Waals surface area (Å²) in [7, 11) is 0. The standard InChI is InChI=1S/C47H88O5/c1-4-7-10-13-16-19-21-22-23-24-25-26-27-29-31-34-37-40-46(48)51-44-45(43-50-42-39-36-33-30-20-17-14-11-8-5-2)52-47(49)41-38-35-32-28-18-15-12-9-6-3/h16,19,22-23,45H,4-15,17-18,20-21,24-44H2,1-3H3/b19-16-,23-22-. The normalized spacial score (nSPS) is 12.3. The smallest absolute Gasteiger partial charge is 0.306 e. The second-order valence-corrected chi connectivity index (χ2v) is 15.3. The van der Waals surface area contributed by atoms with E-state index in [2.05, 4.69) is 45.1 Å². The molecule has 1 atom stereocenters. The van der Waals surface area contributed by atoms with Crippen LogP contribution in [0, 0.1) is 0 Å². The highest BCUT2D eigenvalue weighted by molar-refractivity contribution is 5.70. The number of allylic oxidation sites excluding steroid dienone is 4. The lowest BCUT2D eigenvalue weighted by Gasteiger charge is -2.18. The van der Waals surface area contributed by atoms with E-state index in [0.717, 1.165) is 44.9 Å². The molecule has 0 aliphatic rings. The van der Waals surface area contributed by atoms with Gasteiger partial charge in [-0.1, -0.05) is 199 Å². The van der Waals surface area contributed by atoms with Crippen LogP contribution in [0.15, 0.2) is 24.3 Å². The number of unbranched alkanes of at least 4 members (excludes halogenated alkanes) is 27. The Morgan fingerprint density at radius 1 is 0.423 bits per heavy atom. The molecule has 0 aromatic rings. The molecule has 0 heterocycles. The average molecular weight is 733 g/mol. The first-order chi connectivity index (χ1) is 25.6. The monoisotopic (exact) mass is 733 g/mol. The molecule has 0 amide bonds. The lowest BCUT2D eigenvalue weighted by atomic mass is 10.1. The molecule has 0 aromatic carbocycles. The van der Waals surface area contributed by atoms with Crippen LogP contribution in [0.25, 0.3) is 0 Å². The van der Waals surface area contributed by atoms with Gasteiger partial charge in [-0.3, -0.25) is 9.59 Å². The molecule has 0 fully saturated rings. The van der Waals surface area contributed by atoms with Gasteiger partial charge in [-0.25, -0.2) is 0 Å². The van der Waals surface area contributed by atoms with E-state index < -0.39 is 6.10 Å². The minimum Gasteiger partial charge on any atom is -0.462 e. The summed E-state index contributed by atoms with van der Waals surface area (Å²) >= 11 is 0. The number of rotatable bonds is 42. The average Bonchev–Trinajstić information content (AvgIpc) is 3.14. The number of hydrogen-bond acceptors (Lipinski definition) is 5. The van der Waals surface area contributed by atoms with Crippen LogP contribution in [0.1, 0.15) is 239 Å². The Morgan fingerprint density at radius 2 is 0.808 bits per heavy atom. The second-order valence-electron chi connectivity index (χ2n) is 15.3. The van der Waals surface area contributed by atoms with Crippen LogP contribution in [-0.2, 0) is 23.8 Å². The quantitative estimate of drug-likeness (QED) is 0.0355. The van der Waals surface area contributed by atoms with Gasteiger partial charge in [0.1, 0.15) is 6.61 Å². The van der Waals surface area contributed by atoms with E-state index in [9.17, 15) is 9.59 Å². The predicted octanol–water partition coefficient (Wildman–Crippen LogP) is 14.9. The van der Waals surface area contributed by atoms with Crippen LogP contribution in [-0.4, -0.2) is 37.9 Å². The van der Waals surface area contributed by atoms with Crippen molar-refractivity contribution < 1.29 is 23.8 Å². The van der Waals surface area contributed by atoms with E-state index >= 15 is 0 Å². The maximum Gasteiger partial charge on any atom is 0.306 e. The maximum atomic E-state index is 12.6. The Balaban J connectivity index is 4.16. The Morgan fingerprint density at radius 3 is 1.31 bits per heavy atom. The second kappa shape index (κ2) is 43.8. The lowest BCUT2D eigenvalue weighted by Crippen LogP contribution is -2.30. The molecule has 0 bridgehead atoms. The molecule has 0 aliphatic heterocycles. The van der Waals surface area contributed by atoms with Gasteiger partial charge >= 0.3 is 11.9 Å². The fourth-order valence-electron chi connectivity index (χ4n) is 6.54. The summed E-state index contributed by atoms with van der Waals surface area (Å²) < 4.78 is 17.3. The maximum absolute atomic E-state index is 12.6. The van der Waals surface area contributed by atoms with Crippen molar-refractivity contribution >= 4 is 11.9 Å². The number of carbonyl (C=O) groups is 2. The van der Waals surface area contributed by atoms with E-state index in [4.69, 9.17) is 14.2 Å². The van der Waals surface area contributed by atoms with Crippen molar-refractivity contribution in [2.75, 3.05) is 19.8 Å². The van der Waals surface area contributed by atoms with Gasteiger partial charge in [-0.2, -0.15) is 0 Å². The van der Waals surface area contributed by atoms with E-state index in [-0.39, 0.29) is 18.5 Å². The zero-order chi connectivity index (χ0) is 37.8. The van der Waals surface area contributed by atoms with Crippen molar-refractivity contribution in [2.24, 2.45) is 0 Å². The molecule has 0 saturated carbocycles. The molecule has 52 heavy (non-hydrogen) atoms. The van der Waals surface area contributed by atoms with Gasteiger partial charge in [0.2, 0.25) is 0 Å². The molecule has 0 N–H and O–H groups in total. The fraction of sp³-hybridized carbons (Fsp3) is 0.872. The Kier molecular flexibility index (Phi) is 42.4. The Labute approximate surface area is 324 Å². The predicted molar refractivity (Wildman–Crippen MR) is 224 cm³/mol. The van der Waals surface area contributed by atoms with Gasteiger partial charge in [0, 0.05) is 19.4 Å². The third-order valence-corrected chi connectivity index (χ3v) is 9.99. The topological polar surface area (TPSA) is 61.8 Å². The van der Waals surface area contributed by atoms with Crippen LogP contribution in [0.2, 0.25) is 0 Å². The SMILES string of the molecule is CCCCC/C=C\C/C=C\CCCCCCCCCC(=O)OCC(COCCCCCCCCCCCC)OC(=O)CCCCCCCCCCC. The van der Waals surface area contributed by atoms with E-state index in [1.54, 1.807) is 0 Å². The van der Waals surface area contributed by atoms with Crippen molar-refractivity contribution in [1.29, 1.82) is 0 Å². The molecule has 0 spiro atoms. The molecule has 5 nitrogen and oxygen atoms in total. The van der Waals surface area contributed by atoms with Gasteiger partial charge in [0.05, 0.1) is 6.61 Å². The highest BCUT2D eigenvalue weighted by Crippen LogP contribution is 2.14. The molecule has 0 radical (unpaired) electrons. The summed E-state index contributed by atoms with van der Waals surface area (Å²) in [6, 6.07) is 0. The van der Waals surface area contributed by atoms with E-state index in [0.29, 0.717) is 26.1 Å². The van der Waals surface area contributed by atoms with Crippen LogP contribution < -0.4 is 0 Å². The molecule has 0 aromatic heterocycles. The third kappa shape index (κ3) is 41.1. The minimum absolute atomic E-state index is 0.0874. The molecule has 0 aliphatic carbocycles. The molecular formula is C47H88O5. The largest absolute Gasteiger partial charge is 0.462 e. The van der Waals surface area contributed by atoms with Gasteiger partial charge in [-0.15, -0.1) is 0 Å². The zero-order valence-electron chi connectivity index (χ0n) is 35.1. The Hall–Kier alpha value is -1.62. The minimum atomic E-state index is -0.528. The fourth-order valence-corrected chi connectivity index (χ4v) is 6.54. The first-order valence-electron chi connectivity index (χ1n) is 22.9. The summed E-state index contributed by atoms with van der Waals surface area (Å²) in [6.07, 6.45) is 48.8. The molecular weight excluding hydrogens is 645 g/mol. The summed E-state index contributed by atoms with van der Waals surface area (Å²) in [5.41, 5.74) is 0. The first kappa shape index (κ1) is 50.4. The van der Waals surface area contributed by atoms with Gasteiger partial charge in [0.25, 0.3) is 0 Å². The van der Waals surface area contributed by atoms with Crippen LogP contribution in [0.5, 0.6) is 0 Å². The van der Waals surface area contributed by atoms with Crippen LogP contribution >= 0.6 is 0 Å². The first-order valence-corrected chi connectivity index (χ1v) is 22.9.